The minimum Gasteiger partial charge on any atom is -0.335 e. The van der Waals surface area contributed by atoms with Gasteiger partial charge in [-0.1, -0.05) is 198 Å². The van der Waals surface area contributed by atoms with Gasteiger partial charge in [0, 0.05) is 55.6 Å². The van der Waals surface area contributed by atoms with Crippen LogP contribution in [-0.4, -0.2) is 24.9 Å². The molecule has 0 bridgehead atoms. The van der Waals surface area contributed by atoms with Gasteiger partial charge in [-0.15, -0.1) is 0 Å². The van der Waals surface area contributed by atoms with E-state index in [1.54, 1.807) is 10.8 Å². The number of benzene rings is 7. The number of fused-ring (bicyclic) bond motifs is 15. The second-order valence-electron chi connectivity index (χ2n) is 29.0. The SMILES string of the molecule is CC(C)(C)c1ccc2c(c1)C1(C)CCc3ccccc3C1(C)N2c1cc2c3c(c1)-n1c4ccc(C(C)(C)C)cc4c4cc(C(C)(C)C)cc(c41)B3c1cc([Si](C)(C)C)cc3c1N2C1(C)CCCCC31c1ccccc1. The Kier molecular flexibility index (Phi) is 9.42. The van der Waals surface area contributed by atoms with Gasteiger partial charge >= 0.3 is 0 Å². The molecule has 6 aliphatic rings. The predicted molar refractivity (Wildman–Crippen MR) is 325 cm³/mol. The van der Waals surface area contributed by atoms with Gasteiger partial charge in [0.25, 0.3) is 6.71 Å². The Balaban J connectivity index is 1.18. The Bertz CT molecular complexity index is 3800. The summed E-state index contributed by atoms with van der Waals surface area (Å²) in [6.07, 6.45) is 6.90. The Morgan fingerprint density at radius 2 is 1.19 bits per heavy atom. The van der Waals surface area contributed by atoms with Gasteiger partial charge in [-0.3, -0.25) is 0 Å². The van der Waals surface area contributed by atoms with Crippen molar-refractivity contribution >= 4 is 80.9 Å². The summed E-state index contributed by atoms with van der Waals surface area (Å²) in [4.78, 5) is 5.87. The van der Waals surface area contributed by atoms with Crippen LogP contribution in [0.5, 0.6) is 0 Å². The fraction of sp³-hybridized carbons (Fsp3) is 0.400. The Morgan fingerprint density at radius 3 is 1.91 bits per heavy atom. The quantitative estimate of drug-likeness (QED) is 0.163. The van der Waals surface area contributed by atoms with E-state index in [9.17, 15) is 0 Å². The molecule has 14 rings (SSSR count). The highest BCUT2D eigenvalue weighted by Gasteiger charge is 2.65. The van der Waals surface area contributed by atoms with E-state index in [1.807, 2.05) is 0 Å². The Hall–Kier alpha value is -5.78. The van der Waals surface area contributed by atoms with Crippen LogP contribution in [0.4, 0.5) is 22.7 Å². The zero-order chi connectivity index (χ0) is 52.5. The molecule has 4 unspecified atom stereocenters. The molecule has 0 saturated heterocycles. The predicted octanol–water partition coefficient (Wildman–Crippen LogP) is 15.4. The number of hydrogen-bond donors (Lipinski definition) is 0. The van der Waals surface area contributed by atoms with Crippen LogP contribution in [0.2, 0.25) is 19.6 Å². The smallest absolute Gasteiger partial charge is 0.252 e. The van der Waals surface area contributed by atoms with E-state index in [4.69, 9.17) is 0 Å². The molecule has 2 aliphatic carbocycles. The number of aromatic nitrogens is 1. The van der Waals surface area contributed by atoms with Gasteiger partial charge in [0.05, 0.1) is 24.7 Å². The lowest BCUT2D eigenvalue weighted by Crippen LogP contribution is -2.65. The van der Waals surface area contributed by atoms with Crippen LogP contribution in [0.15, 0.2) is 127 Å². The van der Waals surface area contributed by atoms with Crippen LogP contribution in [0.25, 0.3) is 27.5 Å². The lowest BCUT2D eigenvalue weighted by atomic mass is 9.33. The van der Waals surface area contributed by atoms with E-state index in [0.29, 0.717) is 0 Å². The van der Waals surface area contributed by atoms with E-state index in [1.165, 1.54) is 118 Å². The molecule has 0 spiro atoms. The monoisotopic (exact) mass is 1000 g/mol. The molecule has 5 heterocycles. The van der Waals surface area contributed by atoms with Crippen molar-refractivity contribution in [2.24, 2.45) is 0 Å². The highest BCUT2D eigenvalue weighted by molar-refractivity contribution is 7.01. The standard InChI is InChI=1S/C70H78BN3Si/c1-64(2,3)45-27-29-57-50(35-45)51-36-47(66(7,8)9)38-55-62(51)72(57)59-39-48(73-58-30-28-46(65(4,5)6)37-53(58)67(10)34-31-43-23-19-20-26-52(43)69(67,73)12)40-60-61(59)71(55)56-42-49(75(13,14)15)41-54-63(56)74(60)68(11)32-21-22-33-70(54,68)44-24-17-16-18-25-44/h16-20,23-30,35-42H,21-22,31-34H2,1-15H3. The van der Waals surface area contributed by atoms with E-state index < -0.39 is 8.07 Å². The maximum Gasteiger partial charge on any atom is 0.252 e. The lowest BCUT2D eigenvalue weighted by Gasteiger charge is -2.54. The van der Waals surface area contributed by atoms with E-state index >= 15 is 0 Å². The second-order valence-corrected chi connectivity index (χ2v) is 34.1. The molecule has 7 aromatic carbocycles. The zero-order valence-corrected chi connectivity index (χ0v) is 48.8. The van der Waals surface area contributed by atoms with Crippen LogP contribution in [0.1, 0.15) is 160 Å². The molecular formula is C70H78BN3Si. The van der Waals surface area contributed by atoms with Gasteiger partial charge in [0.1, 0.15) is 0 Å². The van der Waals surface area contributed by atoms with Crippen molar-refractivity contribution in [3.63, 3.8) is 0 Å². The number of rotatable bonds is 3. The van der Waals surface area contributed by atoms with Crippen LogP contribution < -0.4 is 31.4 Å². The molecule has 8 aromatic rings. The molecular weight excluding hydrogens is 922 g/mol. The summed E-state index contributed by atoms with van der Waals surface area (Å²) in [6.45, 7) is 37.3. The van der Waals surface area contributed by atoms with E-state index in [-0.39, 0.29) is 44.9 Å². The van der Waals surface area contributed by atoms with Crippen molar-refractivity contribution in [3.8, 4) is 5.69 Å². The van der Waals surface area contributed by atoms with Gasteiger partial charge < -0.3 is 14.4 Å². The molecule has 4 atom stereocenters. The van der Waals surface area contributed by atoms with E-state index in [2.05, 4.69) is 244 Å². The Labute approximate surface area is 449 Å². The summed E-state index contributed by atoms with van der Waals surface area (Å²) in [5.74, 6) is 0. The largest absolute Gasteiger partial charge is 0.335 e. The molecule has 1 saturated carbocycles. The third kappa shape index (κ3) is 5.95. The molecule has 0 amide bonds. The van der Waals surface area contributed by atoms with Gasteiger partial charge in [0.15, 0.2) is 0 Å². The van der Waals surface area contributed by atoms with Crippen LogP contribution >= 0.6 is 0 Å². The first-order valence-corrected chi connectivity index (χ1v) is 32.2. The van der Waals surface area contributed by atoms with Crippen molar-refractivity contribution in [2.45, 2.75) is 179 Å². The van der Waals surface area contributed by atoms with Crippen molar-refractivity contribution in [3.05, 3.63) is 172 Å². The lowest BCUT2D eigenvalue weighted by molar-refractivity contribution is 0.215. The summed E-state index contributed by atoms with van der Waals surface area (Å²) in [7, 11) is -1.86. The number of nitrogens with zero attached hydrogens (tertiary/aromatic N) is 3. The van der Waals surface area contributed by atoms with Crippen LogP contribution in [0, 0.1) is 0 Å². The molecule has 1 fully saturated rings. The molecule has 0 N–H and O–H groups in total. The fourth-order valence-corrected chi connectivity index (χ4v) is 17.7. The number of hydrogen-bond acceptors (Lipinski definition) is 2. The van der Waals surface area contributed by atoms with Crippen LogP contribution in [0.3, 0.4) is 0 Å². The number of anilines is 4. The van der Waals surface area contributed by atoms with Crippen molar-refractivity contribution in [2.75, 3.05) is 9.80 Å². The average Bonchev–Trinajstić information content (AvgIpc) is 3.97. The van der Waals surface area contributed by atoms with Crippen molar-refractivity contribution in [1.29, 1.82) is 0 Å². The van der Waals surface area contributed by atoms with Crippen LogP contribution in [-0.2, 0) is 39.0 Å². The normalized spacial score (nSPS) is 24.3. The molecule has 380 valence electrons. The van der Waals surface area contributed by atoms with Gasteiger partial charge in [-0.05, 0) is 153 Å². The number of aryl methyl sites for hydroxylation is 1. The summed E-state index contributed by atoms with van der Waals surface area (Å²) < 4.78 is 2.77. The average molecular weight is 1000 g/mol. The third-order valence-electron chi connectivity index (χ3n) is 20.9. The molecule has 1 aromatic heterocycles. The van der Waals surface area contributed by atoms with Gasteiger partial charge in [-0.25, -0.2) is 0 Å². The van der Waals surface area contributed by atoms with E-state index in [0.717, 1.165) is 25.7 Å². The highest BCUT2D eigenvalue weighted by atomic mass is 28.3. The highest BCUT2D eigenvalue weighted by Crippen LogP contribution is 2.67. The molecule has 75 heavy (non-hydrogen) atoms. The first-order chi connectivity index (χ1) is 35.3. The molecule has 0 radical (unpaired) electrons. The maximum absolute atomic E-state index is 3.01. The molecule has 3 nitrogen and oxygen atoms in total. The second kappa shape index (κ2) is 14.8. The Morgan fingerprint density at radius 1 is 0.533 bits per heavy atom. The minimum absolute atomic E-state index is 0.00607. The summed E-state index contributed by atoms with van der Waals surface area (Å²) in [5, 5.41) is 4.34. The molecule has 5 heteroatoms. The van der Waals surface area contributed by atoms with Gasteiger partial charge in [-0.2, -0.15) is 0 Å². The first kappa shape index (κ1) is 47.7. The summed E-state index contributed by atoms with van der Waals surface area (Å²) in [6, 6.07) is 52.6. The van der Waals surface area contributed by atoms with Gasteiger partial charge in [0.2, 0.25) is 0 Å². The van der Waals surface area contributed by atoms with Crippen molar-refractivity contribution in [1.82, 2.24) is 4.57 Å². The van der Waals surface area contributed by atoms with Crippen molar-refractivity contribution < 1.29 is 0 Å². The zero-order valence-electron chi connectivity index (χ0n) is 47.8. The maximum atomic E-state index is 3.01. The fourth-order valence-electron chi connectivity index (χ4n) is 16.5. The molecule has 4 aliphatic heterocycles. The minimum atomic E-state index is -1.86. The third-order valence-corrected chi connectivity index (χ3v) is 22.9. The summed E-state index contributed by atoms with van der Waals surface area (Å²) >= 11 is 0. The first-order valence-electron chi connectivity index (χ1n) is 28.7. The summed E-state index contributed by atoms with van der Waals surface area (Å²) in [5.41, 5.74) is 24.9. The topological polar surface area (TPSA) is 11.4 Å².